The zero-order chi connectivity index (χ0) is 62.6. The first-order valence-corrected chi connectivity index (χ1v) is 32.5. The Morgan fingerprint density at radius 3 is 0.957 bits per heavy atom. The number of anilines is 6. The molecule has 0 aliphatic heterocycles. The Balaban J connectivity index is 0.805. The van der Waals surface area contributed by atoms with Gasteiger partial charge in [-0.1, -0.05) is 246 Å². The van der Waals surface area contributed by atoms with Gasteiger partial charge in [0.05, 0.1) is 11.4 Å². The molecular formula is C90H72N2. The van der Waals surface area contributed by atoms with Crippen molar-refractivity contribution in [3.63, 3.8) is 0 Å². The minimum atomic E-state index is -0.131. The van der Waals surface area contributed by atoms with Gasteiger partial charge in [0.2, 0.25) is 0 Å². The fourth-order valence-electron chi connectivity index (χ4n) is 15.4. The van der Waals surface area contributed by atoms with Gasteiger partial charge in [0.1, 0.15) is 0 Å². The molecule has 92 heavy (non-hydrogen) atoms. The van der Waals surface area contributed by atoms with Gasteiger partial charge >= 0.3 is 0 Å². The van der Waals surface area contributed by atoms with Crippen molar-refractivity contribution in [2.45, 2.75) is 66.2 Å². The van der Waals surface area contributed by atoms with E-state index in [4.69, 9.17) is 0 Å². The van der Waals surface area contributed by atoms with Crippen molar-refractivity contribution in [1.29, 1.82) is 0 Å². The summed E-state index contributed by atoms with van der Waals surface area (Å²) in [5, 5.41) is 4.97. The Labute approximate surface area is 542 Å². The average Bonchev–Trinajstić information content (AvgIpc) is 1.48. The van der Waals surface area contributed by atoms with Gasteiger partial charge < -0.3 is 9.80 Å². The fourth-order valence-corrected chi connectivity index (χ4v) is 15.4. The molecule has 0 saturated heterocycles. The molecule has 2 heteroatoms. The first-order valence-electron chi connectivity index (χ1n) is 32.5. The van der Waals surface area contributed by atoms with Gasteiger partial charge in [0.25, 0.3) is 0 Å². The SMILES string of the molecule is Cc1cc(-c2ccc(N(c3ccc(-c4ccc5ccccc5c4)cc3)c3c(C)cccc3-c3ccc4c(c3)C(C)(C)c3ccccc3-4)c(C)c2)ccc1N(c1ccc(-c2ccc3ccccc3c2)cc1)c1c(C)cccc1-c1ccc2c(c1)C(C)(C)c1ccccc1-2. The van der Waals surface area contributed by atoms with Crippen LogP contribution >= 0.6 is 0 Å². The highest BCUT2D eigenvalue weighted by Gasteiger charge is 2.37. The van der Waals surface area contributed by atoms with Crippen molar-refractivity contribution in [3.05, 3.63) is 336 Å². The second-order valence-corrected chi connectivity index (χ2v) is 26.7. The summed E-state index contributed by atoms with van der Waals surface area (Å²) in [5.74, 6) is 0. The highest BCUT2D eigenvalue weighted by atomic mass is 15.2. The number of hydrogen-bond donors (Lipinski definition) is 0. The number of benzene rings is 14. The van der Waals surface area contributed by atoms with Crippen molar-refractivity contribution < 1.29 is 0 Å². The van der Waals surface area contributed by atoms with Crippen molar-refractivity contribution in [3.8, 4) is 77.9 Å². The highest BCUT2D eigenvalue weighted by molar-refractivity contribution is 5.97. The molecular weight excluding hydrogens is 1110 g/mol. The zero-order valence-electron chi connectivity index (χ0n) is 53.6. The van der Waals surface area contributed by atoms with E-state index in [-0.39, 0.29) is 10.8 Å². The first kappa shape index (κ1) is 56.4. The first-order chi connectivity index (χ1) is 44.8. The maximum absolute atomic E-state index is 2.51. The Hall–Kier alpha value is -10.8. The molecule has 0 heterocycles. The summed E-state index contributed by atoms with van der Waals surface area (Å²) in [5.41, 5.74) is 34.1. The van der Waals surface area contributed by atoms with Gasteiger partial charge in [-0.3, -0.25) is 0 Å². The van der Waals surface area contributed by atoms with E-state index < -0.39 is 0 Å². The van der Waals surface area contributed by atoms with E-state index in [1.54, 1.807) is 0 Å². The molecule has 14 aromatic carbocycles. The molecule has 0 amide bonds. The van der Waals surface area contributed by atoms with Crippen LogP contribution in [0.5, 0.6) is 0 Å². The molecule has 0 unspecified atom stereocenters. The third-order valence-electron chi connectivity index (χ3n) is 20.3. The number of hydrogen-bond acceptors (Lipinski definition) is 2. The van der Waals surface area contributed by atoms with Crippen LogP contribution < -0.4 is 9.80 Å². The van der Waals surface area contributed by atoms with E-state index in [1.165, 1.54) is 155 Å². The summed E-state index contributed by atoms with van der Waals surface area (Å²) in [6.45, 7) is 18.6. The summed E-state index contributed by atoms with van der Waals surface area (Å²) in [6, 6.07) is 109. The second kappa shape index (κ2) is 22.0. The van der Waals surface area contributed by atoms with Gasteiger partial charge in [-0.15, -0.1) is 0 Å². The molecule has 16 rings (SSSR count). The summed E-state index contributed by atoms with van der Waals surface area (Å²) in [7, 11) is 0. The fraction of sp³-hybridized carbons (Fsp3) is 0.111. The summed E-state index contributed by atoms with van der Waals surface area (Å²) in [4.78, 5) is 5.03. The molecule has 0 saturated carbocycles. The Kier molecular flexibility index (Phi) is 13.5. The van der Waals surface area contributed by atoms with Crippen molar-refractivity contribution in [1.82, 2.24) is 0 Å². The van der Waals surface area contributed by atoms with Crippen LogP contribution in [0, 0.1) is 27.7 Å². The van der Waals surface area contributed by atoms with Crippen LogP contribution in [0.25, 0.3) is 99.4 Å². The zero-order valence-corrected chi connectivity index (χ0v) is 53.6. The van der Waals surface area contributed by atoms with Crippen LogP contribution in [0.15, 0.2) is 291 Å². The molecule has 2 aliphatic rings. The Bertz CT molecular complexity index is 4940. The largest absolute Gasteiger partial charge is 0.309 e. The summed E-state index contributed by atoms with van der Waals surface area (Å²) < 4.78 is 0. The van der Waals surface area contributed by atoms with Crippen LogP contribution in [0.3, 0.4) is 0 Å². The molecule has 2 nitrogen and oxygen atoms in total. The lowest BCUT2D eigenvalue weighted by Crippen LogP contribution is -2.16. The smallest absolute Gasteiger partial charge is 0.0569 e. The summed E-state index contributed by atoms with van der Waals surface area (Å²) >= 11 is 0. The van der Waals surface area contributed by atoms with Crippen LogP contribution in [0.2, 0.25) is 0 Å². The van der Waals surface area contributed by atoms with E-state index in [2.05, 4.69) is 356 Å². The molecule has 0 N–H and O–H groups in total. The number of para-hydroxylation sites is 2. The topological polar surface area (TPSA) is 6.48 Å². The highest BCUT2D eigenvalue weighted by Crippen LogP contribution is 2.54. The second-order valence-electron chi connectivity index (χ2n) is 26.7. The lowest BCUT2D eigenvalue weighted by Gasteiger charge is -2.32. The third kappa shape index (κ3) is 9.38. The van der Waals surface area contributed by atoms with E-state index in [0.717, 1.165) is 22.7 Å². The predicted octanol–water partition coefficient (Wildman–Crippen LogP) is 25.1. The van der Waals surface area contributed by atoms with E-state index in [9.17, 15) is 0 Å². The maximum atomic E-state index is 2.51. The standard InChI is InChI=1S/C90H72N2/c1-57-19-17-27-75(71-39-47-79-77-25-13-15-29-81(77)89(5,6)83(79)55-71)87(57)91(73-43-35-63(36-44-73)69-33-31-61-21-9-11-23-65(61)53-69)85-49-41-67(51-59(85)3)68-42-50-86(60(4)52-68)92(74-45-37-64(38-46-74)70-34-32-62-22-10-12-24-66(62)54-70)88-58(2)20-18-28-76(88)72-40-48-80-78-26-14-16-30-82(78)90(7,8)84(80)56-72/h9-56H,1-8H3. The molecule has 0 aromatic heterocycles. The van der Waals surface area contributed by atoms with Gasteiger partial charge in [0.15, 0.2) is 0 Å². The number of aryl methyl sites for hydroxylation is 4. The van der Waals surface area contributed by atoms with Gasteiger partial charge in [-0.05, 0) is 233 Å². The van der Waals surface area contributed by atoms with E-state index in [1.807, 2.05) is 0 Å². The van der Waals surface area contributed by atoms with Crippen molar-refractivity contribution in [2.75, 3.05) is 9.80 Å². The third-order valence-corrected chi connectivity index (χ3v) is 20.3. The lowest BCUT2D eigenvalue weighted by atomic mass is 9.81. The maximum Gasteiger partial charge on any atom is 0.0569 e. The quantitative estimate of drug-likeness (QED) is 0.127. The van der Waals surface area contributed by atoms with Crippen LogP contribution in [-0.4, -0.2) is 0 Å². The molecule has 0 bridgehead atoms. The lowest BCUT2D eigenvalue weighted by molar-refractivity contribution is 0.660. The molecule has 2 aliphatic carbocycles. The summed E-state index contributed by atoms with van der Waals surface area (Å²) in [6.07, 6.45) is 0. The number of nitrogens with zero attached hydrogens (tertiary/aromatic N) is 2. The van der Waals surface area contributed by atoms with Gasteiger partial charge in [-0.2, -0.15) is 0 Å². The molecule has 14 aromatic rings. The normalized spacial score (nSPS) is 13.2. The Morgan fingerprint density at radius 1 is 0.217 bits per heavy atom. The molecule has 0 spiro atoms. The number of fused-ring (bicyclic) bond motifs is 8. The monoisotopic (exact) mass is 1180 g/mol. The minimum Gasteiger partial charge on any atom is -0.309 e. The van der Waals surface area contributed by atoms with Gasteiger partial charge in [0, 0.05) is 44.7 Å². The van der Waals surface area contributed by atoms with Gasteiger partial charge in [-0.25, -0.2) is 0 Å². The minimum absolute atomic E-state index is 0.131. The van der Waals surface area contributed by atoms with E-state index >= 15 is 0 Å². The van der Waals surface area contributed by atoms with E-state index in [0.29, 0.717) is 0 Å². The van der Waals surface area contributed by atoms with Crippen molar-refractivity contribution >= 4 is 55.7 Å². The molecule has 0 fully saturated rings. The van der Waals surface area contributed by atoms with Crippen LogP contribution in [0.4, 0.5) is 34.1 Å². The average molecular weight is 1180 g/mol. The van der Waals surface area contributed by atoms with Crippen LogP contribution in [-0.2, 0) is 10.8 Å². The molecule has 0 atom stereocenters. The molecule has 442 valence electrons. The molecule has 0 radical (unpaired) electrons. The predicted molar refractivity (Wildman–Crippen MR) is 392 cm³/mol. The van der Waals surface area contributed by atoms with Crippen LogP contribution in [0.1, 0.15) is 72.2 Å². The number of rotatable bonds is 11. The Morgan fingerprint density at radius 2 is 0.543 bits per heavy atom. The van der Waals surface area contributed by atoms with Crippen molar-refractivity contribution in [2.24, 2.45) is 0 Å².